The summed E-state index contributed by atoms with van der Waals surface area (Å²) in [5, 5.41) is 1.19. The number of carbonyl (C=O) groups excluding carboxylic acids is 1. The zero-order chi connectivity index (χ0) is 20.0. The molecule has 1 fully saturated rings. The number of hydrogen-bond donors (Lipinski definition) is 0. The third kappa shape index (κ3) is 5.40. The molecule has 0 bridgehead atoms. The fourth-order valence-corrected chi connectivity index (χ4v) is 3.95. The number of piperazine rings is 1. The molecule has 0 atom stereocenters. The van der Waals surface area contributed by atoms with E-state index in [9.17, 15) is 17.6 Å². The largest absolute Gasteiger partial charge is 0.484 e. The molecule has 6 nitrogen and oxygen atoms in total. The van der Waals surface area contributed by atoms with E-state index in [1.807, 2.05) is 30.3 Å². The van der Waals surface area contributed by atoms with Crippen LogP contribution in [0.4, 0.5) is 4.39 Å². The predicted molar refractivity (Wildman–Crippen MR) is 104 cm³/mol. The van der Waals surface area contributed by atoms with Gasteiger partial charge in [-0.25, -0.2) is 12.8 Å². The first-order chi connectivity index (χ1) is 13.4. The van der Waals surface area contributed by atoms with Crippen LogP contribution in [-0.4, -0.2) is 56.3 Å². The van der Waals surface area contributed by atoms with Gasteiger partial charge in [0.15, 0.2) is 6.61 Å². The maximum absolute atomic E-state index is 12.9. The monoisotopic (exact) mass is 404 g/mol. The van der Waals surface area contributed by atoms with Gasteiger partial charge in [0.25, 0.3) is 5.91 Å². The molecule has 28 heavy (non-hydrogen) atoms. The molecule has 0 N–H and O–H groups in total. The highest BCUT2D eigenvalue weighted by atomic mass is 32.2. The van der Waals surface area contributed by atoms with Crippen LogP contribution in [-0.2, 0) is 14.8 Å². The Labute approximate surface area is 163 Å². The van der Waals surface area contributed by atoms with E-state index in [1.165, 1.54) is 34.0 Å². The average molecular weight is 404 g/mol. The first-order valence-corrected chi connectivity index (χ1v) is 10.3. The Hall–Kier alpha value is -2.71. The van der Waals surface area contributed by atoms with Crippen LogP contribution < -0.4 is 4.74 Å². The summed E-state index contributed by atoms with van der Waals surface area (Å²) in [6.07, 6.45) is 1.56. The molecular formula is C20H21FN2O4S. The molecule has 0 aliphatic carbocycles. The lowest BCUT2D eigenvalue weighted by molar-refractivity contribution is -0.134. The van der Waals surface area contributed by atoms with Crippen LogP contribution in [0.1, 0.15) is 5.56 Å². The fraction of sp³-hybridized carbons (Fsp3) is 0.250. The molecule has 1 aliphatic heterocycles. The molecule has 0 spiro atoms. The van der Waals surface area contributed by atoms with E-state index in [0.29, 0.717) is 18.8 Å². The summed E-state index contributed by atoms with van der Waals surface area (Å²) < 4.78 is 44.5. The van der Waals surface area contributed by atoms with Gasteiger partial charge in [0.05, 0.1) is 0 Å². The zero-order valence-electron chi connectivity index (χ0n) is 15.2. The van der Waals surface area contributed by atoms with Crippen molar-refractivity contribution < 1.29 is 22.3 Å². The number of carbonyl (C=O) groups is 1. The Morgan fingerprint density at radius 2 is 1.64 bits per heavy atom. The number of halogens is 1. The number of ether oxygens (including phenoxy) is 1. The number of benzene rings is 2. The van der Waals surface area contributed by atoms with Crippen molar-refractivity contribution in [2.24, 2.45) is 0 Å². The number of hydrogen-bond acceptors (Lipinski definition) is 4. The minimum atomic E-state index is -3.54. The van der Waals surface area contributed by atoms with E-state index >= 15 is 0 Å². The van der Waals surface area contributed by atoms with E-state index in [2.05, 4.69) is 0 Å². The molecule has 0 unspecified atom stereocenters. The average Bonchev–Trinajstić information content (AvgIpc) is 2.72. The van der Waals surface area contributed by atoms with Crippen molar-refractivity contribution in [3.8, 4) is 5.75 Å². The molecule has 0 saturated carbocycles. The smallest absolute Gasteiger partial charge is 0.260 e. The molecule has 148 valence electrons. The van der Waals surface area contributed by atoms with Gasteiger partial charge in [-0.2, -0.15) is 4.31 Å². The van der Waals surface area contributed by atoms with E-state index in [0.717, 1.165) is 5.56 Å². The Morgan fingerprint density at radius 1 is 1.00 bits per heavy atom. The van der Waals surface area contributed by atoms with Gasteiger partial charge in [-0.15, -0.1) is 0 Å². The van der Waals surface area contributed by atoms with Crippen LogP contribution in [0.3, 0.4) is 0 Å². The minimum Gasteiger partial charge on any atom is -0.484 e. The zero-order valence-corrected chi connectivity index (χ0v) is 16.0. The number of amides is 1. The van der Waals surface area contributed by atoms with Gasteiger partial charge >= 0.3 is 0 Å². The predicted octanol–water partition coefficient (Wildman–Crippen LogP) is 2.35. The summed E-state index contributed by atoms with van der Waals surface area (Å²) in [5.74, 6) is -0.208. The normalized spacial score (nSPS) is 15.7. The van der Waals surface area contributed by atoms with E-state index < -0.39 is 10.0 Å². The first-order valence-electron chi connectivity index (χ1n) is 8.83. The van der Waals surface area contributed by atoms with Gasteiger partial charge in [0, 0.05) is 31.6 Å². The van der Waals surface area contributed by atoms with Crippen molar-refractivity contribution in [2.75, 3.05) is 32.8 Å². The van der Waals surface area contributed by atoms with Crippen molar-refractivity contribution in [3.63, 3.8) is 0 Å². The number of sulfonamides is 1. The summed E-state index contributed by atoms with van der Waals surface area (Å²) in [7, 11) is -3.54. The van der Waals surface area contributed by atoms with Gasteiger partial charge < -0.3 is 9.64 Å². The van der Waals surface area contributed by atoms with Gasteiger partial charge in [0.2, 0.25) is 10.0 Å². The second-order valence-electron chi connectivity index (χ2n) is 6.28. The third-order valence-electron chi connectivity index (χ3n) is 4.36. The molecule has 2 aromatic rings. The number of nitrogens with zero attached hydrogens (tertiary/aromatic N) is 2. The first kappa shape index (κ1) is 20.0. The van der Waals surface area contributed by atoms with Crippen molar-refractivity contribution in [1.82, 2.24) is 9.21 Å². The van der Waals surface area contributed by atoms with Crippen molar-refractivity contribution in [3.05, 3.63) is 71.4 Å². The third-order valence-corrected chi connectivity index (χ3v) is 5.92. The Kier molecular flexibility index (Phi) is 6.43. The van der Waals surface area contributed by atoms with Crippen molar-refractivity contribution in [2.45, 2.75) is 0 Å². The Balaban J connectivity index is 1.49. The van der Waals surface area contributed by atoms with Crippen LogP contribution >= 0.6 is 0 Å². The summed E-state index contributed by atoms with van der Waals surface area (Å²) in [4.78, 5) is 13.8. The molecule has 2 aromatic carbocycles. The van der Waals surface area contributed by atoms with E-state index in [-0.39, 0.29) is 31.4 Å². The Morgan fingerprint density at radius 3 is 2.29 bits per heavy atom. The quantitative estimate of drug-likeness (QED) is 0.741. The van der Waals surface area contributed by atoms with Gasteiger partial charge in [0.1, 0.15) is 11.6 Å². The van der Waals surface area contributed by atoms with Crippen LogP contribution in [0.25, 0.3) is 6.08 Å². The standard InChI is InChI=1S/C20H21FN2O4S/c21-18-6-8-19(9-7-18)27-16-20(24)22-11-13-23(14-12-22)28(25,26)15-10-17-4-2-1-3-5-17/h1-10,15H,11-14,16H2/b15-10+. The molecule has 1 heterocycles. The summed E-state index contributed by atoms with van der Waals surface area (Å²) in [6.45, 7) is 0.869. The maximum atomic E-state index is 12.9. The van der Waals surface area contributed by atoms with Gasteiger partial charge in [-0.05, 0) is 35.9 Å². The molecular weight excluding hydrogens is 383 g/mol. The van der Waals surface area contributed by atoms with E-state index in [4.69, 9.17) is 4.74 Å². The van der Waals surface area contributed by atoms with Gasteiger partial charge in [-0.1, -0.05) is 30.3 Å². The van der Waals surface area contributed by atoms with Crippen LogP contribution in [0.2, 0.25) is 0 Å². The fourth-order valence-electron chi connectivity index (χ4n) is 2.77. The lowest BCUT2D eigenvalue weighted by Gasteiger charge is -2.33. The number of rotatable bonds is 6. The van der Waals surface area contributed by atoms with Crippen molar-refractivity contribution in [1.29, 1.82) is 0 Å². The van der Waals surface area contributed by atoms with Crippen LogP contribution in [0.15, 0.2) is 60.0 Å². The van der Waals surface area contributed by atoms with Crippen LogP contribution in [0, 0.1) is 5.82 Å². The molecule has 1 amide bonds. The molecule has 3 rings (SSSR count). The summed E-state index contributed by atoms with van der Waals surface area (Å²) in [5.41, 5.74) is 0.804. The van der Waals surface area contributed by atoms with E-state index in [1.54, 1.807) is 11.0 Å². The SMILES string of the molecule is O=C(COc1ccc(F)cc1)N1CCN(S(=O)(=O)/C=C/c2ccccc2)CC1. The van der Waals surface area contributed by atoms with Gasteiger partial charge in [-0.3, -0.25) is 4.79 Å². The van der Waals surface area contributed by atoms with Crippen molar-refractivity contribution >= 4 is 22.0 Å². The molecule has 1 aliphatic rings. The summed E-state index contributed by atoms with van der Waals surface area (Å²) >= 11 is 0. The molecule has 8 heteroatoms. The second kappa shape index (κ2) is 8.99. The second-order valence-corrected chi connectivity index (χ2v) is 8.10. The maximum Gasteiger partial charge on any atom is 0.260 e. The molecule has 1 saturated heterocycles. The Bertz CT molecular complexity index is 922. The highest BCUT2D eigenvalue weighted by molar-refractivity contribution is 7.92. The highest BCUT2D eigenvalue weighted by Gasteiger charge is 2.27. The van der Waals surface area contributed by atoms with Crippen LogP contribution in [0.5, 0.6) is 5.75 Å². The topological polar surface area (TPSA) is 66.9 Å². The minimum absolute atomic E-state index is 0.174. The lowest BCUT2D eigenvalue weighted by atomic mass is 10.2. The molecule has 0 radical (unpaired) electrons. The molecule has 0 aromatic heterocycles. The highest BCUT2D eigenvalue weighted by Crippen LogP contribution is 2.13. The lowest BCUT2D eigenvalue weighted by Crippen LogP contribution is -2.51. The summed E-state index contributed by atoms with van der Waals surface area (Å²) in [6, 6.07) is 14.6.